The number of hydrogen-bond acceptors (Lipinski definition) is 10. The minimum atomic E-state index is -0.217. The lowest BCUT2D eigenvalue weighted by atomic mass is 10.4. The van der Waals surface area contributed by atoms with Gasteiger partial charge in [-0.05, 0) is 6.42 Å². The molecule has 0 radical (unpaired) electrons. The molecule has 2 N–H and O–H groups in total. The molecule has 186 valence electrons. The van der Waals surface area contributed by atoms with Crippen molar-refractivity contribution < 1.29 is 42.7 Å². The number of carbonyl (C=O) groups excluding carboxylic acids is 1. The van der Waals surface area contributed by atoms with E-state index in [1.54, 1.807) is 0 Å². The van der Waals surface area contributed by atoms with Crippen LogP contribution >= 0.6 is 0 Å². The van der Waals surface area contributed by atoms with Crippen LogP contribution in [-0.4, -0.2) is 112 Å². The summed E-state index contributed by atoms with van der Waals surface area (Å²) >= 11 is 0. The molecular formula is C21H43NO9. The first kappa shape index (κ1) is 30.1. The van der Waals surface area contributed by atoms with Crippen LogP contribution in [0.15, 0.2) is 0 Å². The molecule has 0 amide bonds. The molecule has 0 spiro atoms. The van der Waals surface area contributed by atoms with E-state index >= 15 is 0 Å². The third-order valence-electron chi connectivity index (χ3n) is 3.71. The zero-order valence-corrected chi connectivity index (χ0v) is 19.2. The summed E-state index contributed by atoms with van der Waals surface area (Å²) in [6.45, 7) is 10.1. The van der Waals surface area contributed by atoms with Crippen molar-refractivity contribution in [2.24, 2.45) is 5.73 Å². The van der Waals surface area contributed by atoms with Crippen molar-refractivity contribution in [1.29, 1.82) is 0 Å². The number of carbonyl (C=O) groups is 1. The molecule has 10 nitrogen and oxygen atoms in total. The van der Waals surface area contributed by atoms with Crippen molar-refractivity contribution >= 4 is 5.97 Å². The fraction of sp³-hybridized carbons (Fsp3) is 0.952. The summed E-state index contributed by atoms with van der Waals surface area (Å²) < 4.78 is 42.5. The highest BCUT2D eigenvalue weighted by atomic mass is 16.6. The van der Waals surface area contributed by atoms with Gasteiger partial charge in [-0.1, -0.05) is 13.3 Å². The molecule has 0 aromatic carbocycles. The molecule has 0 atom stereocenters. The lowest BCUT2D eigenvalue weighted by Gasteiger charge is -2.08. The van der Waals surface area contributed by atoms with Gasteiger partial charge in [0.25, 0.3) is 0 Å². The Balaban J connectivity index is 3.06. The number of unbranched alkanes of at least 4 members (excludes halogenated alkanes) is 1. The summed E-state index contributed by atoms with van der Waals surface area (Å²) in [4.78, 5) is 11.3. The summed E-state index contributed by atoms with van der Waals surface area (Å²) in [5.74, 6) is -0.217. The number of ether oxygens (including phenoxy) is 8. The Morgan fingerprint density at radius 1 is 0.548 bits per heavy atom. The van der Waals surface area contributed by atoms with Gasteiger partial charge in [0.05, 0.1) is 106 Å². The molecule has 0 fully saturated rings. The van der Waals surface area contributed by atoms with Crippen LogP contribution in [0.3, 0.4) is 0 Å². The van der Waals surface area contributed by atoms with Crippen LogP contribution in [-0.2, 0) is 42.7 Å². The number of esters is 1. The fourth-order valence-corrected chi connectivity index (χ4v) is 2.06. The Hall–Kier alpha value is -0.850. The second-order valence-electron chi connectivity index (χ2n) is 6.40. The highest BCUT2D eigenvalue weighted by Gasteiger charge is 2.02. The average Bonchev–Trinajstić information content (AvgIpc) is 2.77. The molecule has 0 rings (SSSR count). The third-order valence-corrected chi connectivity index (χ3v) is 3.71. The Labute approximate surface area is 186 Å². The molecule has 31 heavy (non-hydrogen) atoms. The van der Waals surface area contributed by atoms with Gasteiger partial charge in [-0.2, -0.15) is 0 Å². The van der Waals surface area contributed by atoms with Gasteiger partial charge in [0.2, 0.25) is 0 Å². The van der Waals surface area contributed by atoms with E-state index in [9.17, 15) is 4.79 Å². The lowest BCUT2D eigenvalue weighted by Crippen LogP contribution is -2.15. The molecule has 0 heterocycles. The van der Waals surface area contributed by atoms with E-state index in [2.05, 4.69) is 6.92 Å². The van der Waals surface area contributed by atoms with Crippen LogP contribution in [0.1, 0.15) is 26.2 Å². The summed E-state index contributed by atoms with van der Waals surface area (Å²) in [5, 5.41) is 0. The van der Waals surface area contributed by atoms with Gasteiger partial charge in [0, 0.05) is 6.54 Å². The molecular weight excluding hydrogens is 410 g/mol. The van der Waals surface area contributed by atoms with E-state index in [1.807, 2.05) is 0 Å². The molecule has 0 saturated carbocycles. The van der Waals surface area contributed by atoms with Gasteiger partial charge in [-0.15, -0.1) is 0 Å². The normalized spacial score (nSPS) is 11.2. The van der Waals surface area contributed by atoms with Crippen LogP contribution in [0.2, 0.25) is 0 Å². The van der Waals surface area contributed by atoms with E-state index in [0.29, 0.717) is 106 Å². The van der Waals surface area contributed by atoms with Gasteiger partial charge in [0.15, 0.2) is 0 Å². The first-order chi connectivity index (χ1) is 15.3. The molecule has 0 unspecified atom stereocenters. The summed E-state index contributed by atoms with van der Waals surface area (Å²) in [6, 6.07) is 0. The van der Waals surface area contributed by atoms with E-state index in [0.717, 1.165) is 12.8 Å². The summed E-state index contributed by atoms with van der Waals surface area (Å²) in [5.41, 5.74) is 5.31. The second kappa shape index (κ2) is 27.2. The van der Waals surface area contributed by atoms with E-state index in [1.165, 1.54) is 0 Å². The first-order valence-electron chi connectivity index (χ1n) is 11.2. The van der Waals surface area contributed by atoms with Crippen LogP contribution < -0.4 is 5.73 Å². The number of nitrogens with two attached hydrogens (primary N) is 1. The fourth-order valence-electron chi connectivity index (χ4n) is 2.06. The third kappa shape index (κ3) is 27.1. The van der Waals surface area contributed by atoms with Crippen molar-refractivity contribution in [2.75, 3.05) is 106 Å². The van der Waals surface area contributed by atoms with Crippen molar-refractivity contribution in [3.05, 3.63) is 0 Å². The largest absolute Gasteiger partial charge is 0.466 e. The van der Waals surface area contributed by atoms with Crippen molar-refractivity contribution in [3.63, 3.8) is 0 Å². The maximum Gasteiger partial charge on any atom is 0.308 e. The second-order valence-corrected chi connectivity index (χ2v) is 6.40. The molecule has 0 aliphatic rings. The first-order valence-corrected chi connectivity index (χ1v) is 11.2. The molecule has 0 aromatic rings. The van der Waals surface area contributed by atoms with Gasteiger partial charge in [-0.3, -0.25) is 4.79 Å². The summed E-state index contributed by atoms with van der Waals surface area (Å²) in [7, 11) is 0. The minimum Gasteiger partial charge on any atom is -0.466 e. The average molecular weight is 454 g/mol. The molecule has 10 heteroatoms. The zero-order valence-electron chi connectivity index (χ0n) is 19.2. The van der Waals surface area contributed by atoms with Crippen LogP contribution in [0.4, 0.5) is 0 Å². The van der Waals surface area contributed by atoms with Crippen LogP contribution in [0.5, 0.6) is 0 Å². The standard InChI is InChI=1S/C21H43NO9/c1-2-3-6-31-21(23)4-7-24-9-11-26-13-15-28-17-19-30-20-18-29-16-14-27-12-10-25-8-5-22/h2-20,22H2,1H3. The SMILES string of the molecule is CCCCOC(=O)CCOCCOCCOCCOCCOCCOCCOCCN. The van der Waals surface area contributed by atoms with Crippen molar-refractivity contribution in [3.8, 4) is 0 Å². The summed E-state index contributed by atoms with van der Waals surface area (Å²) in [6.07, 6.45) is 2.18. The molecule has 0 bridgehead atoms. The van der Waals surface area contributed by atoms with Crippen molar-refractivity contribution in [2.45, 2.75) is 26.2 Å². The van der Waals surface area contributed by atoms with E-state index < -0.39 is 0 Å². The predicted molar refractivity (Wildman–Crippen MR) is 115 cm³/mol. The highest BCUT2D eigenvalue weighted by Crippen LogP contribution is 1.93. The van der Waals surface area contributed by atoms with Gasteiger partial charge in [0.1, 0.15) is 0 Å². The maximum absolute atomic E-state index is 11.3. The quantitative estimate of drug-likeness (QED) is 0.149. The van der Waals surface area contributed by atoms with Crippen molar-refractivity contribution in [1.82, 2.24) is 0 Å². The van der Waals surface area contributed by atoms with E-state index in [-0.39, 0.29) is 12.4 Å². The Bertz CT molecular complexity index is 362. The Morgan fingerprint density at radius 2 is 0.903 bits per heavy atom. The molecule has 0 saturated heterocycles. The Morgan fingerprint density at radius 3 is 1.26 bits per heavy atom. The highest BCUT2D eigenvalue weighted by molar-refractivity contribution is 5.69. The molecule has 0 aliphatic heterocycles. The van der Waals surface area contributed by atoms with Gasteiger partial charge in [-0.25, -0.2) is 0 Å². The minimum absolute atomic E-state index is 0.217. The number of rotatable bonds is 26. The van der Waals surface area contributed by atoms with Gasteiger partial charge >= 0.3 is 5.97 Å². The maximum atomic E-state index is 11.3. The lowest BCUT2D eigenvalue weighted by molar-refractivity contribution is -0.145. The van der Waals surface area contributed by atoms with E-state index in [4.69, 9.17) is 43.6 Å². The number of hydrogen-bond donors (Lipinski definition) is 1. The Kier molecular flexibility index (Phi) is 26.4. The topological polar surface area (TPSA) is 117 Å². The predicted octanol–water partition coefficient (Wildman–Crippen LogP) is 0.795. The monoisotopic (exact) mass is 453 g/mol. The molecule has 0 aliphatic carbocycles. The molecule has 0 aromatic heterocycles. The zero-order chi connectivity index (χ0) is 22.7. The smallest absolute Gasteiger partial charge is 0.308 e. The van der Waals surface area contributed by atoms with Gasteiger partial charge < -0.3 is 43.6 Å². The van der Waals surface area contributed by atoms with Crippen LogP contribution in [0, 0.1) is 0 Å². The van der Waals surface area contributed by atoms with Crippen LogP contribution in [0.25, 0.3) is 0 Å².